The van der Waals surface area contributed by atoms with E-state index < -0.39 is 0 Å². The molecule has 1 aromatic heterocycles. The maximum absolute atomic E-state index is 6.14. The number of ether oxygens (including phenoxy) is 2. The van der Waals surface area contributed by atoms with Crippen molar-refractivity contribution in [2.75, 3.05) is 18.9 Å². The number of benzene rings is 1. The lowest BCUT2D eigenvalue weighted by Crippen LogP contribution is -2.15. The van der Waals surface area contributed by atoms with Gasteiger partial charge in [0.05, 0.1) is 4.34 Å². The summed E-state index contributed by atoms with van der Waals surface area (Å²) in [4.78, 5) is 0. The summed E-state index contributed by atoms with van der Waals surface area (Å²) in [6, 6.07) is 5.40. The molecule has 3 nitrogen and oxygen atoms in total. The molecule has 1 aliphatic rings. The summed E-state index contributed by atoms with van der Waals surface area (Å²) in [6.07, 6.45) is 0. The quantitative estimate of drug-likeness (QED) is 0.807. The fraction of sp³-hybridized carbons (Fsp3) is 0.167. The number of anilines is 1. The molecular weight excluding hydrogens is 293 g/mol. The molecule has 1 aliphatic heterocycles. The Balaban J connectivity index is 2.15. The highest BCUT2D eigenvalue weighted by atomic mass is 35.5. The Bertz CT molecular complexity index is 612. The molecule has 2 aromatic rings. The first-order valence-electron chi connectivity index (χ1n) is 5.29. The van der Waals surface area contributed by atoms with E-state index in [4.69, 9.17) is 38.4 Å². The van der Waals surface area contributed by atoms with E-state index >= 15 is 0 Å². The summed E-state index contributed by atoms with van der Waals surface area (Å²) in [5.74, 6) is 1.35. The number of halogens is 2. The molecule has 0 radical (unpaired) electrons. The summed E-state index contributed by atoms with van der Waals surface area (Å²) in [5.41, 5.74) is 8.25. The summed E-state index contributed by atoms with van der Waals surface area (Å²) in [7, 11) is 0. The van der Waals surface area contributed by atoms with Crippen molar-refractivity contribution in [3.8, 4) is 22.6 Å². The first-order chi connectivity index (χ1) is 8.65. The zero-order valence-electron chi connectivity index (χ0n) is 9.20. The van der Waals surface area contributed by atoms with Crippen LogP contribution in [0.2, 0.25) is 8.67 Å². The molecule has 6 heteroatoms. The first kappa shape index (κ1) is 12.0. The van der Waals surface area contributed by atoms with Gasteiger partial charge in [0.1, 0.15) is 17.6 Å². The van der Waals surface area contributed by atoms with Gasteiger partial charge in [0.15, 0.2) is 11.5 Å². The van der Waals surface area contributed by atoms with Gasteiger partial charge in [-0.25, -0.2) is 0 Å². The number of rotatable bonds is 1. The number of hydrogen-bond donors (Lipinski definition) is 1. The predicted octanol–water partition coefficient (Wildman–Crippen LogP) is 4.08. The van der Waals surface area contributed by atoms with E-state index in [2.05, 4.69) is 0 Å². The standard InChI is InChI=1S/C12H9Cl2NO2S/c13-11-4-7(12(14)18-11)6-3-9-10(5-8(6)15)17-2-1-16-9/h3-5H,1-2,15H2. The molecule has 0 fully saturated rings. The highest BCUT2D eigenvalue weighted by Crippen LogP contribution is 2.44. The lowest BCUT2D eigenvalue weighted by atomic mass is 10.1. The van der Waals surface area contributed by atoms with E-state index in [0.29, 0.717) is 39.1 Å². The van der Waals surface area contributed by atoms with Gasteiger partial charge < -0.3 is 15.2 Å². The zero-order chi connectivity index (χ0) is 12.7. The lowest BCUT2D eigenvalue weighted by Gasteiger charge is -2.20. The van der Waals surface area contributed by atoms with Crippen LogP contribution >= 0.6 is 34.5 Å². The number of nitrogen functional groups attached to an aromatic ring is 1. The maximum Gasteiger partial charge on any atom is 0.163 e. The van der Waals surface area contributed by atoms with Gasteiger partial charge in [-0.3, -0.25) is 0 Å². The number of nitrogens with two attached hydrogens (primary N) is 1. The van der Waals surface area contributed by atoms with Gasteiger partial charge in [0, 0.05) is 22.9 Å². The Morgan fingerprint density at radius 2 is 1.67 bits per heavy atom. The molecule has 3 rings (SSSR count). The van der Waals surface area contributed by atoms with E-state index in [1.807, 2.05) is 6.07 Å². The molecule has 2 N–H and O–H groups in total. The summed E-state index contributed by atoms with van der Waals surface area (Å²) in [6.45, 7) is 1.07. The Hall–Kier alpha value is -1.10. The fourth-order valence-electron chi connectivity index (χ4n) is 1.86. The van der Waals surface area contributed by atoms with Crippen molar-refractivity contribution in [2.45, 2.75) is 0 Å². The molecule has 0 aliphatic carbocycles. The number of thiophene rings is 1. The van der Waals surface area contributed by atoms with Crippen molar-refractivity contribution < 1.29 is 9.47 Å². The van der Waals surface area contributed by atoms with Gasteiger partial charge in [-0.1, -0.05) is 23.2 Å². The third-order valence-corrected chi connectivity index (χ3v) is 4.15. The molecule has 0 unspecified atom stereocenters. The van der Waals surface area contributed by atoms with Crippen molar-refractivity contribution in [1.82, 2.24) is 0 Å². The summed E-state index contributed by atoms with van der Waals surface area (Å²) in [5, 5.41) is 0. The topological polar surface area (TPSA) is 44.5 Å². The Morgan fingerprint density at radius 1 is 1.00 bits per heavy atom. The largest absolute Gasteiger partial charge is 0.486 e. The van der Waals surface area contributed by atoms with Gasteiger partial charge in [-0.15, -0.1) is 11.3 Å². The molecule has 2 heterocycles. The van der Waals surface area contributed by atoms with Crippen LogP contribution < -0.4 is 15.2 Å². The molecule has 0 amide bonds. The van der Waals surface area contributed by atoms with E-state index in [9.17, 15) is 0 Å². The van der Waals surface area contributed by atoms with Gasteiger partial charge in [-0.05, 0) is 12.1 Å². The van der Waals surface area contributed by atoms with E-state index in [0.717, 1.165) is 11.1 Å². The monoisotopic (exact) mass is 301 g/mol. The van der Waals surface area contributed by atoms with Gasteiger partial charge in [0.25, 0.3) is 0 Å². The van der Waals surface area contributed by atoms with Crippen LogP contribution in [0.25, 0.3) is 11.1 Å². The van der Waals surface area contributed by atoms with Crippen LogP contribution in [0.15, 0.2) is 18.2 Å². The van der Waals surface area contributed by atoms with Crippen LogP contribution in [0.1, 0.15) is 0 Å². The van der Waals surface area contributed by atoms with E-state index in [1.165, 1.54) is 11.3 Å². The Labute approximate surface area is 118 Å². The van der Waals surface area contributed by atoms with Crippen molar-refractivity contribution in [1.29, 1.82) is 0 Å². The molecule has 0 atom stereocenters. The third-order valence-electron chi connectivity index (χ3n) is 2.66. The Morgan fingerprint density at radius 3 is 2.28 bits per heavy atom. The SMILES string of the molecule is Nc1cc2c(cc1-c1cc(Cl)sc1Cl)OCCO2. The smallest absolute Gasteiger partial charge is 0.163 e. The minimum Gasteiger partial charge on any atom is -0.486 e. The van der Waals surface area contributed by atoms with Crippen LogP contribution in [0, 0.1) is 0 Å². The minimum atomic E-state index is 0.536. The van der Waals surface area contributed by atoms with Gasteiger partial charge in [0.2, 0.25) is 0 Å². The van der Waals surface area contributed by atoms with Crippen LogP contribution in [0.3, 0.4) is 0 Å². The molecule has 0 bridgehead atoms. The molecule has 0 saturated carbocycles. The van der Waals surface area contributed by atoms with Crippen molar-refractivity contribution in [3.63, 3.8) is 0 Å². The van der Waals surface area contributed by atoms with Crippen LogP contribution in [-0.2, 0) is 0 Å². The van der Waals surface area contributed by atoms with Crippen LogP contribution in [0.4, 0.5) is 5.69 Å². The van der Waals surface area contributed by atoms with Crippen LogP contribution in [0.5, 0.6) is 11.5 Å². The van der Waals surface area contributed by atoms with Crippen molar-refractivity contribution >= 4 is 40.2 Å². The lowest BCUT2D eigenvalue weighted by molar-refractivity contribution is 0.172. The summed E-state index contributed by atoms with van der Waals surface area (Å²) >= 11 is 13.4. The Kier molecular flexibility index (Phi) is 3.01. The second-order valence-electron chi connectivity index (χ2n) is 3.82. The highest BCUT2D eigenvalue weighted by Gasteiger charge is 2.18. The first-order valence-corrected chi connectivity index (χ1v) is 6.86. The second-order valence-corrected chi connectivity index (χ2v) is 6.11. The molecule has 0 spiro atoms. The van der Waals surface area contributed by atoms with E-state index in [-0.39, 0.29) is 0 Å². The van der Waals surface area contributed by atoms with Gasteiger partial charge >= 0.3 is 0 Å². The van der Waals surface area contributed by atoms with Crippen molar-refractivity contribution in [3.05, 3.63) is 26.9 Å². The van der Waals surface area contributed by atoms with E-state index in [1.54, 1.807) is 12.1 Å². The van der Waals surface area contributed by atoms with Crippen LogP contribution in [-0.4, -0.2) is 13.2 Å². The predicted molar refractivity (Wildman–Crippen MR) is 75.2 cm³/mol. The zero-order valence-corrected chi connectivity index (χ0v) is 11.5. The fourth-order valence-corrected chi connectivity index (χ4v) is 3.35. The third kappa shape index (κ3) is 2.00. The van der Waals surface area contributed by atoms with Crippen molar-refractivity contribution in [2.24, 2.45) is 0 Å². The molecular formula is C12H9Cl2NO2S. The highest BCUT2D eigenvalue weighted by molar-refractivity contribution is 7.20. The summed E-state index contributed by atoms with van der Waals surface area (Å²) < 4.78 is 12.2. The average molecular weight is 302 g/mol. The molecule has 18 heavy (non-hydrogen) atoms. The second kappa shape index (κ2) is 4.53. The van der Waals surface area contributed by atoms with Gasteiger partial charge in [-0.2, -0.15) is 0 Å². The molecule has 94 valence electrons. The average Bonchev–Trinajstić information content (AvgIpc) is 2.67. The maximum atomic E-state index is 6.14. The molecule has 0 saturated heterocycles. The number of fused-ring (bicyclic) bond motifs is 1. The number of hydrogen-bond acceptors (Lipinski definition) is 4. The molecule has 1 aromatic carbocycles. The minimum absolute atomic E-state index is 0.536. The normalized spacial score (nSPS) is 13.7.